The lowest BCUT2D eigenvalue weighted by molar-refractivity contribution is 0.0697. The number of hydrogen-bond donors (Lipinski definition) is 1. The summed E-state index contributed by atoms with van der Waals surface area (Å²) in [6.07, 6.45) is 0. The van der Waals surface area contributed by atoms with E-state index in [0.29, 0.717) is 11.3 Å². The van der Waals surface area contributed by atoms with Crippen molar-refractivity contribution in [2.45, 2.75) is 11.8 Å². The van der Waals surface area contributed by atoms with Gasteiger partial charge in [-0.25, -0.2) is 4.79 Å². The summed E-state index contributed by atoms with van der Waals surface area (Å²) >= 11 is 1.47. The molecule has 0 radical (unpaired) electrons. The van der Waals surface area contributed by atoms with Gasteiger partial charge in [0.2, 0.25) is 0 Å². The van der Waals surface area contributed by atoms with Crippen molar-refractivity contribution in [3.63, 3.8) is 0 Å². The van der Waals surface area contributed by atoms with Gasteiger partial charge >= 0.3 is 5.97 Å². The SMILES string of the molecule is Cc1ccccc1SCC(=O)c1cccc(C(=O)O)c1. The van der Waals surface area contributed by atoms with Crippen molar-refractivity contribution >= 4 is 23.5 Å². The van der Waals surface area contributed by atoms with Gasteiger partial charge < -0.3 is 5.11 Å². The third kappa shape index (κ3) is 3.48. The van der Waals surface area contributed by atoms with Gasteiger partial charge in [0.25, 0.3) is 0 Å². The van der Waals surface area contributed by atoms with Crippen LogP contribution in [0.1, 0.15) is 26.3 Å². The Morgan fingerprint density at radius 2 is 1.75 bits per heavy atom. The van der Waals surface area contributed by atoms with E-state index >= 15 is 0 Å². The number of carbonyl (C=O) groups is 2. The second-order valence-corrected chi connectivity index (χ2v) is 5.38. The summed E-state index contributed by atoms with van der Waals surface area (Å²) < 4.78 is 0. The highest BCUT2D eigenvalue weighted by Gasteiger charge is 2.10. The molecule has 0 spiro atoms. The largest absolute Gasteiger partial charge is 0.478 e. The van der Waals surface area contributed by atoms with E-state index in [1.807, 2.05) is 31.2 Å². The molecular formula is C16H14O3S. The zero-order valence-electron chi connectivity index (χ0n) is 11.0. The van der Waals surface area contributed by atoms with E-state index in [9.17, 15) is 9.59 Å². The van der Waals surface area contributed by atoms with Crippen LogP contribution in [0.5, 0.6) is 0 Å². The number of aromatic carboxylic acids is 1. The second kappa shape index (κ2) is 6.39. The molecule has 4 heteroatoms. The van der Waals surface area contributed by atoms with Crippen molar-refractivity contribution in [1.29, 1.82) is 0 Å². The standard InChI is InChI=1S/C16H14O3S/c1-11-5-2-3-8-15(11)20-10-14(17)12-6-4-7-13(9-12)16(18)19/h2-9H,10H2,1H3,(H,18,19). The zero-order chi connectivity index (χ0) is 14.5. The van der Waals surface area contributed by atoms with Crippen LogP contribution in [0.3, 0.4) is 0 Å². The van der Waals surface area contributed by atoms with E-state index in [4.69, 9.17) is 5.11 Å². The maximum atomic E-state index is 12.1. The highest BCUT2D eigenvalue weighted by Crippen LogP contribution is 2.22. The zero-order valence-corrected chi connectivity index (χ0v) is 11.8. The van der Waals surface area contributed by atoms with Crippen molar-refractivity contribution in [1.82, 2.24) is 0 Å². The molecule has 3 nitrogen and oxygen atoms in total. The Morgan fingerprint density at radius 3 is 2.45 bits per heavy atom. The predicted octanol–water partition coefficient (Wildman–Crippen LogP) is 3.67. The minimum absolute atomic E-state index is 0.0682. The van der Waals surface area contributed by atoms with Crippen molar-refractivity contribution in [3.8, 4) is 0 Å². The molecule has 20 heavy (non-hydrogen) atoms. The Kier molecular flexibility index (Phi) is 4.58. The summed E-state index contributed by atoms with van der Waals surface area (Å²) in [5, 5.41) is 8.92. The Labute approximate surface area is 121 Å². The number of benzene rings is 2. The van der Waals surface area contributed by atoms with Gasteiger partial charge in [-0.1, -0.05) is 30.3 Å². The van der Waals surface area contributed by atoms with Crippen molar-refractivity contribution in [2.75, 3.05) is 5.75 Å². The van der Waals surface area contributed by atoms with Crippen molar-refractivity contribution in [3.05, 3.63) is 65.2 Å². The molecule has 0 saturated carbocycles. The molecule has 0 atom stereocenters. The quantitative estimate of drug-likeness (QED) is 0.673. The fourth-order valence-electron chi connectivity index (χ4n) is 1.77. The van der Waals surface area contributed by atoms with Gasteiger partial charge in [-0.3, -0.25) is 4.79 Å². The minimum Gasteiger partial charge on any atom is -0.478 e. The summed E-state index contributed by atoms with van der Waals surface area (Å²) in [7, 11) is 0. The molecule has 2 rings (SSSR count). The molecule has 0 aliphatic carbocycles. The molecule has 0 bridgehead atoms. The van der Waals surface area contributed by atoms with Gasteiger partial charge in [0, 0.05) is 10.5 Å². The molecule has 0 heterocycles. The Bertz CT molecular complexity index is 650. The first-order chi connectivity index (χ1) is 9.58. The van der Waals surface area contributed by atoms with Crippen LogP contribution in [0.2, 0.25) is 0 Å². The van der Waals surface area contributed by atoms with Crippen molar-refractivity contribution < 1.29 is 14.7 Å². The minimum atomic E-state index is -1.02. The first-order valence-electron chi connectivity index (χ1n) is 6.13. The van der Waals surface area contributed by atoms with Gasteiger partial charge in [-0.15, -0.1) is 11.8 Å². The lowest BCUT2D eigenvalue weighted by atomic mass is 10.1. The highest BCUT2D eigenvalue weighted by atomic mass is 32.2. The van der Waals surface area contributed by atoms with Gasteiger partial charge in [-0.05, 0) is 30.7 Å². The maximum absolute atomic E-state index is 12.1. The van der Waals surface area contributed by atoms with Crippen LogP contribution in [0, 0.1) is 6.92 Å². The molecule has 0 aromatic heterocycles. The Balaban J connectivity index is 2.07. The third-order valence-electron chi connectivity index (χ3n) is 2.88. The van der Waals surface area contributed by atoms with E-state index < -0.39 is 5.97 Å². The molecule has 0 aliphatic rings. The highest BCUT2D eigenvalue weighted by molar-refractivity contribution is 8.00. The number of thioether (sulfide) groups is 1. The lowest BCUT2D eigenvalue weighted by Gasteiger charge is -2.05. The molecule has 0 fully saturated rings. The first-order valence-corrected chi connectivity index (χ1v) is 7.11. The Hall–Kier alpha value is -2.07. The molecule has 2 aromatic rings. The van der Waals surface area contributed by atoms with Crippen LogP contribution >= 0.6 is 11.8 Å². The average molecular weight is 286 g/mol. The summed E-state index contributed by atoms with van der Waals surface area (Å²) in [5.74, 6) is -0.791. The maximum Gasteiger partial charge on any atom is 0.335 e. The number of rotatable bonds is 5. The van der Waals surface area contributed by atoms with E-state index in [0.717, 1.165) is 10.5 Å². The number of Topliss-reactive ketones (excluding diaryl/α,β-unsaturated/α-hetero) is 1. The van der Waals surface area contributed by atoms with Crippen LogP contribution in [-0.4, -0.2) is 22.6 Å². The monoisotopic (exact) mass is 286 g/mol. The lowest BCUT2D eigenvalue weighted by Crippen LogP contribution is -2.05. The van der Waals surface area contributed by atoms with Crippen molar-refractivity contribution in [2.24, 2.45) is 0 Å². The number of carboxylic acid groups (broad SMARTS) is 1. The van der Waals surface area contributed by atoms with E-state index in [2.05, 4.69) is 0 Å². The first kappa shape index (κ1) is 14.3. The second-order valence-electron chi connectivity index (χ2n) is 4.36. The smallest absolute Gasteiger partial charge is 0.335 e. The van der Waals surface area contributed by atoms with Gasteiger partial charge in [-0.2, -0.15) is 0 Å². The molecular weight excluding hydrogens is 272 g/mol. The average Bonchev–Trinajstić information content (AvgIpc) is 2.46. The topological polar surface area (TPSA) is 54.4 Å². The van der Waals surface area contributed by atoms with Crippen LogP contribution < -0.4 is 0 Å². The van der Waals surface area contributed by atoms with E-state index in [1.54, 1.807) is 12.1 Å². The van der Waals surface area contributed by atoms with Crippen LogP contribution in [0.25, 0.3) is 0 Å². The third-order valence-corrected chi connectivity index (χ3v) is 4.06. The Morgan fingerprint density at radius 1 is 1.05 bits per heavy atom. The molecule has 1 N–H and O–H groups in total. The fraction of sp³-hybridized carbons (Fsp3) is 0.125. The van der Waals surface area contributed by atoms with Crippen LogP contribution in [0.15, 0.2) is 53.4 Å². The molecule has 0 amide bonds. The molecule has 0 aliphatic heterocycles. The van der Waals surface area contributed by atoms with E-state index in [1.165, 1.54) is 23.9 Å². The van der Waals surface area contributed by atoms with Gasteiger partial charge in [0.15, 0.2) is 5.78 Å². The van der Waals surface area contributed by atoms with Crippen LogP contribution in [0.4, 0.5) is 0 Å². The summed E-state index contributed by atoms with van der Waals surface area (Å²) in [6.45, 7) is 2.00. The number of aryl methyl sites for hydroxylation is 1. The number of ketones is 1. The molecule has 0 saturated heterocycles. The summed E-state index contributed by atoms with van der Waals surface area (Å²) in [5.41, 5.74) is 1.70. The predicted molar refractivity (Wildman–Crippen MR) is 79.6 cm³/mol. The fourth-order valence-corrected chi connectivity index (χ4v) is 2.69. The number of hydrogen-bond acceptors (Lipinski definition) is 3. The molecule has 102 valence electrons. The normalized spacial score (nSPS) is 10.2. The number of carboxylic acids is 1. The molecule has 2 aromatic carbocycles. The summed E-state index contributed by atoms with van der Waals surface area (Å²) in [4.78, 5) is 24.0. The van der Waals surface area contributed by atoms with Gasteiger partial charge in [0.1, 0.15) is 0 Å². The summed E-state index contributed by atoms with van der Waals surface area (Å²) in [6, 6.07) is 14.0. The van der Waals surface area contributed by atoms with E-state index in [-0.39, 0.29) is 11.3 Å². The molecule has 0 unspecified atom stereocenters. The van der Waals surface area contributed by atoms with Crippen LogP contribution in [-0.2, 0) is 0 Å². The van der Waals surface area contributed by atoms with Gasteiger partial charge in [0.05, 0.1) is 11.3 Å². The number of carbonyl (C=O) groups excluding carboxylic acids is 1.